The maximum Gasteiger partial charge on any atom is 0.113 e. The first-order valence-electron chi connectivity index (χ1n) is 18.0. The number of benzene rings is 1. The number of nitrogens with zero attached hydrogens (tertiary/aromatic N) is 2. The van der Waals surface area contributed by atoms with E-state index >= 15 is 0 Å². The summed E-state index contributed by atoms with van der Waals surface area (Å²) in [6, 6.07) is 9.99. The van der Waals surface area contributed by atoms with E-state index in [0.717, 1.165) is 22.9 Å². The summed E-state index contributed by atoms with van der Waals surface area (Å²) >= 11 is 5.51. The average molecular weight is 663 g/mol. The van der Waals surface area contributed by atoms with Crippen molar-refractivity contribution in [1.29, 1.82) is 0 Å². The first-order valence-corrected chi connectivity index (χ1v) is 20.4. The second kappa shape index (κ2) is 13.9. The number of hydrogen-bond acceptors (Lipinski definition) is 5. The Morgan fingerprint density at radius 3 is 1.87 bits per heavy atom. The first-order chi connectivity index (χ1) is 21.4. The SMILES string of the molecule is CCCCC(CC)CC1(CC(CC)CCCC)c2cc(-c3ccc(C(C)(C)C)c4nsnc34)sc2-c2sc(C(C)(C)CC)cc21. The molecule has 45 heavy (non-hydrogen) atoms. The summed E-state index contributed by atoms with van der Waals surface area (Å²) in [5, 5.41) is 0. The van der Waals surface area contributed by atoms with Gasteiger partial charge < -0.3 is 0 Å². The van der Waals surface area contributed by atoms with Crippen LogP contribution in [0.15, 0.2) is 24.3 Å². The fourth-order valence-electron chi connectivity index (χ4n) is 7.68. The van der Waals surface area contributed by atoms with Gasteiger partial charge in [0.15, 0.2) is 0 Å². The summed E-state index contributed by atoms with van der Waals surface area (Å²) in [5.41, 5.74) is 8.36. The molecule has 2 nitrogen and oxygen atoms in total. The van der Waals surface area contributed by atoms with Crippen LogP contribution in [0.3, 0.4) is 0 Å². The molecular formula is C40H58N2S3. The number of thiophene rings is 2. The lowest BCUT2D eigenvalue weighted by molar-refractivity contribution is 0.266. The van der Waals surface area contributed by atoms with Crippen LogP contribution in [0.5, 0.6) is 0 Å². The molecule has 0 saturated heterocycles. The first kappa shape index (κ1) is 34.8. The summed E-state index contributed by atoms with van der Waals surface area (Å²) in [7, 11) is 0. The van der Waals surface area contributed by atoms with Crippen LogP contribution >= 0.6 is 34.4 Å². The molecule has 0 bridgehead atoms. The van der Waals surface area contributed by atoms with Gasteiger partial charge >= 0.3 is 0 Å². The molecule has 5 heteroatoms. The predicted octanol–water partition coefficient (Wildman–Crippen LogP) is 13.9. The lowest BCUT2D eigenvalue weighted by Gasteiger charge is -2.38. The van der Waals surface area contributed by atoms with Gasteiger partial charge in [-0.2, -0.15) is 8.75 Å². The van der Waals surface area contributed by atoms with Crippen molar-refractivity contribution in [3.05, 3.63) is 45.8 Å². The second-order valence-corrected chi connectivity index (χ2v) is 18.3. The van der Waals surface area contributed by atoms with Gasteiger partial charge in [0.25, 0.3) is 0 Å². The summed E-state index contributed by atoms with van der Waals surface area (Å²) in [6.45, 7) is 23.7. The topological polar surface area (TPSA) is 25.8 Å². The van der Waals surface area contributed by atoms with Gasteiger partial charge in [-0.25, -0.2) is 0 Å². The van der Waals surface area contributed by atoms with Crippen LogP contribution < -0.4 is 0 Å². The standard InChI is InChI=1S/C40H58N2S3/c1-11-16-18-26(13-3)24-40(25-27(14-4)19-17-12-2)30-22-32(28-20-21-29(38(6,7)8)35-34(28)41-45-42-35)43-36(30)37-31(40)23-33(44-37)39(9,10)15-5/h20-23,26-27H,11-19,24-25H2,1-10H3. The monoisotopic (exact) mass is 662 g/mol. The van der Waals surface area contributed by atoms with Crippen LogP contribution in [0, 0.1) is 11.8 Å². The minimum atomic E-state index is 0.0363. The second-order valence-electron chi connectivity index (χ2n) is 15.6. The van der Waals surface area contributed by atoms with Crippen LogP contribution in [-0.4, -0.2) is 8.75 Å². The van der Waals surface area contributed by atoms with Gasteiger partial charge in [0.2, 0.25) is 0 Å². The third-order valence-electron chi connectivity index (χ3n) is 11.1. The van der Waals surface area contributed by atoms with Gasteiger partial charge in [0.1, 0.15) is 11.0 Å². The Hall–Kier alpha value is -1.56. The molecule has 3 heterocycles. The molecular weight excluding hydrogens is 605 g/mol. The van der Waals surface area contributed by atoms with Gasteiger partial charge in [0.05, 0.1) is 11.7 Å². The fourth-order valence-corrected chi connectivity index (χ4v) is 11.1. The Kier molecular flexibility index (Phi) is 10.7. The summed E-state index contributed by atoms with van der Waals surface area (Å²) in [6.07, 6.45) is 14.2. The van der Waals surface area contributed by atoms with Crippen molar-refractivity contribution in [1.82, 2.24) is 8.75 Å². The van der Waals surface area contributed by atoms with Crippen LogP contribution in [0.4, 0.5) is 0 Å². The van der Waals surface area contributed by atoms with E-state index in [9.17, 15) is 0 Å². The largest absolute Gasteiger partial charge is 0.173 e. The third kappa shape index (κ3) is 6.61. The van der Waals surface area contributed by atoms with E-state index in [2.05, 4.69) is 105 Å². The van der Waals surface area contributed by atoms with Gasteiger partial charge in [-0.3, -0.25) is 0 Å². The molecule has 0 radical (unpaired) electrons. The van der Waals surface area contributed by atoms with Crippen molar-refractivity contribution in [3.63, 3.8) is 0 Å². The van der Waals surface area contributed by atoms with E-state index in [1.54, 1.807) is 25.8 Å². The van der Waals surface area contributed by atoms with Crippen molar-refractivity contribution in [3.8, 4) is 20.2 Å². The normalized spacial score (nSPS) is 18.0. The molecule has 0 spiro atoms. The number of hydrogen-bond donors (Lipinski definition) is 0. The molecule has 0 fully saturated rings. The van der Waals surface area contributed by atoms with Crippen molar-refractivity contribution in [2.75, 3.05) is 0 Å². The van der Waals surface area contributed by atoms with E-state index in [-0.39, 0.29) is 16.2 Å². The Morgan fingerprint density at radius 1 is 0.733 bits per heavy atom. The van der Waals surface area contributed by atoms with E-state index in [1.807, 2.05) is 11.3 Å². The number of rotatable bonds is 15. The molecule has 0 aliphatic heterocycles. The van der Waals surface area contributed by atoms with Gasteiger partial charge in [-0.15, -0.1) is 22.7 Å². The molecule has 1 aliphatic carbocycles. The molecule has 1 aliphatic rings. The highest BCUT2D eigenvalue weighted by Crippen LogP contribution is 2.63. The highest BCUT2D eigenvalue weighted by molar-refractivity contribution is 7.24. The minimum Gasteiger partial charge on any atom is -0.173 e. The van der Waals surface area contributed by atoms with Gasteiger partial charge in [0, 0.05) is 30.5 Å². The lowest BCUT2D eigenvalue weighted by Crippen LogP contribution is -2.31. The Labute approximate surface area is 286 Å². The van der Waals surface area contributed by atoms with Crippen LogP contribution in [0.25, 0.3) is 31.2 Å². The Balaban J connectivity index is 1.74. The van der Waals surface area contributed by atoms with E-state index < -0.39 is 0 Å². The maximum absolute atomic E-state index is 4.91. The highest BCUT2D eigenvalue weighted by atomic mass is 32.1. The quantitative estimate of drug-likeness (QED) is 0.127. The third-order valence-corrected chi connectivity index (χ3v) is 14.5. The predicted molar refractivity (Wildman–Crippen MR) is 203 cm³/mol. The lowest BCUT2D eigenvalue weighted by atomic mass is 9.65. The van der Waals surface area contributed by atoms with Gasteiger partial charge in [-0.05, 0) is 70.8 Å². The Bertz CT molecular complexity index is 1560. The molecule has 5 rings (SSSR count). The molecule has 4 aromatic rings. The van der Waals surface area contributed by atoms with Crippen molar-refractivity contribution < 1.29 is 0 Å². The maximum atomic E-state index is 4.91. The smallest absolute Gasteiger partial charge is 0.113 e. The van der Waals surface area contributed by atoms with E-state index in [4.69, 9.17) is 8.75 Å². The van der Waals surface area contributed by atoms with Crippen LogP contribution in [0.2, 0.25) is 0 Å². The number of fused-ring (bicyclic) bond motifs is 4. The fraction of sp³-hybridized carbons (Fsp3) is 0.650. The molecule has 1 aromatic carbocycles. The molecule has 0 saturated carbocycles. The summed E-state index contributed by atoms with van der Waals surface area (Å²) in [5.74, 6) is 1.50. The molecule has 3 aromatic heterocycles. The van der Waals surface area contributed by atoms with Crippen molar-refractivity contribution in [2.45, 2.75) is 156 Å². The summed E-state index contributed by atoms with van der Waals surface area (Å²) in [4.78, 5) is 6.08. The molecule has 246 valence electrons. The highest BCUT2D eigenvalue weighted by Gasteiger charge is 2.48. The molecule has 0 N–H and O–H groups in total. The zero-order valence-corrected chi connectivity index (χ0v) is 32.3. The van der Waals surface area contributed by atoms with E-state index in [1.165, 1.54) is 98.4 Å². The molecule has 2 atom stereocenters. The zero-order chi connectivity index (χ0) is 32.6. The minimum absolute atomic E-state index is 0.0363. The van der Waals surface area contributed by atoms with E-state index in [0.29, 0.717) is 0 Å². The molecule has 2 unspecified atom stereocenters. The van der Waals surface area contributed by atoms with Crippen LogP contribution in [0.1, 0.15) is 161 Å². The summed E-state index contributed by atoms with van der Waals surface area (Å²) < 4.78 is 9.74. The zero-order valence-electron chi connectivity index (χ0n) is 29.9. The van der Waals surface area contributed by atoms with Crippen molar-refractivity contribution in [2.24, 2.45) is 11.8 Å². The molecule has 0 amide bonds. The number of unbranched alkanes of at least 4 members (excludes halogenated alkanes) is 2. The van der Waals surface area contributed by atoms with Crippen LogP contribution in [-0.2, 0) is 16.2 Å². The van der Waals surface area contributed by atoms with Gasteiger partial charge in [-0.1, -0.05) is 133 Å². The van der Waals surface area contributed by atoms with Crippen molar-refractivity contribution >= 4 is 45.4 Å². The Morgan fingerprint density at radius 2 is 1.31 bits per heavy atom. The average Bonchev–Trinajstić information content (AvgIpc) is 3.80. The number of aromatic nitrogens is 2.